The summed E-state index contributed by atoms with van der Waals surface area (Å²) < 4.78 is 1.00. The van der Waals surface area contributed by atoms with Crippen molar-refractivity contribution in [3.63, 3.8) is 0 Å². The van der Waals surface area contributed by atoms with E-state index in [1.807, 2.05) is 0 Å². The number of rotatable bonds is 3. The van der Waals surface area contributed by atoms with Crippen molar-refractivity contribution in [3.8, 4) is 0 Å². The first-order valence-electron chi connectivity index (χ1n) is 4.76. The molecular weight excluding hydrogens is 164 g/mol. The minimum Gasteiger partial charge on any atom is -0.333 e. The van der Waals surface area contributed by atoms with Crippen molar-refractivity contribution in [1.82, 2.24) is 0 Å². The third-order valence-electron chi connectivity index (χ3n) is 0.986. The van der Waals surface area contributed by atoms with Crippen LogP contribution in [0.4, 0.5) is 0 Å². The zero-order chi connectivity index (χ0) is 10.2. The molecule has 0 aromatic carbocycles. The standard InChI is InChI=1S/C5H15NSi.C4H12N/c1-7(2)5-3-4-6;1-5(2,3)4/h7H,3-6H2,1-2H3;1-4H3/q;+1. The van der Waals surface area contributed by atoms with Gasteiger partial charge in [-0.25, -0.2) is 0 Å². The Hall–Kier alpha value is 0.137. The van der Waals surface area contributed by atoms with Crippen LogP contribution in [0.1, 0.15) is 6.42 Å². The van der Waals surface area contributed by atoms with Gasteiger partial charge in [0.1, 0.15) is 0 Å². The lowest BCUT2D eigenvalue weighted by Gasteiger charge is -2.14. The summed E-state index contributed by atoms with van der Waals surface area (Å²) in [6.45, 7) is 5.59. The van der Waals surface area contributed by atoms with Gasteiger partial charge in [0, 0.05) is 8.80 Å². The van der Waals surface area contributed by atoms with Crippen molar-refractivity contribution >= 4 is 8.80 Å². The highest BCUT2D eigenvalue weighted by atomic mass is 28.3. The molecule has 0 rings (SSSR count). The van der Waals surface area contributed by atoms with Crippen molar-refractivity contribution in [2.75, 3.05) is 34.7 Å². The third-order valence-corrected chi connectivity index (χ3v) is 2.55. The number of nitrogens with zero attached hydrogens (tertiary/aromatic N) is 1. The monoisotopic (exact) mass is 191 g/mol. The second-order valence-electron chi connectivity index (χ2n) is 5.01. The smallest absolute Gasteiger partial charge is 0.0675 e. The van der Waals surface area contributed by atoms with Gasteiger partial charge in [-0.1, -0.05) is 19.1 Å². The van der Waals surface area contributed by atoms with Gasteiger partial charge in [-0.2, -0.15) is 0 Å². The maximum Gasteiger partial charge on any atom is 0.0675 e. The van der Waals surface area contributed by atoms with Gasteiger partial charge in [0.15, 0.2) is 0 Å². The first-order valence-corrected chi connectivity index (χ1v) is 7.89. The Morgan fingerprint density at radius 1 is 1.08 bits per heavy atom. The molecule has 2 N–H and O–H groups in total. The highest BCUT2D eigenvalue weighted by molar-refractivity contribution is 6.55. The first kappa shape index (κ1) is 14.6. The van der Waals surface area contributed by atoms with E-state index in [0.29, 0.717) is 0 Å². The van der Waals surface area contributed by atoms with Gasteiger partial charge in [0.25, 0.3) is 0 Å². The van der Waals surface area contributed by atoms with E-state index in [2.05, 4.69) is 41.3 Å². The molecule has 76 valence electrons. The van der Waals surface area contributed by atoms with Crippen molar-refractivity contribution in [2.24, 2.45) is 5.73 Å². The molecule has 3 heteroatoms. The molecule has 12 heavy (non-hydrogen) atoms. The predicted octanol–water partition coefficient (Wildman–Crippen LogP) is 1.14. The quantitative estimate of drug-likeness (QED) is 0.525. The molecule has 0 fully saturated rings. The van der Waals surface area contributed by atoms with Crippen LogP contribution in [0, 0.1) is 0 Å². The van der Waals surface area contributed by atoms with Gasteiger partial charge in [-0.05, 0) is 13.0 Å². The number of hydrogen-bond acceptors (Lipinski definition) is 1. The maximum absolute atomic E-state index is 5.30. The molecule has 0 aliphatic heterocycles. The van der Waals surface area contributed by atoms with Crippen LogP contribution in [0.15, 0.2) is 0 Å². The van der Waals surface area contributed by atoms with Gasteiger partial charge in [0.05, 0.1) is 28.2 Å². The Bertz CT molecular complexity index is 81.0. The van der Waals surface area contributed by atoms with Crippen molar-refractivity contribution in [2.45, 2.75) is 25.6 Å². The fourth-order valence-corrected chi connectivity index (χ4v) is 1.58. The summed E-state index contributed by atoms with van der Waals surface area (Å²) in [6.07, 6.45) is 1.24. The number of quaternary nitrogens is 1. The summed E-state index contributed by atoms with van der Waals surface area (Å²) in [5.41, 5.74) is 5.30. The van der Waals surface area contributed by atoms with E-state index >= 15 is 0 Å². The molecule has 0 aliphatic carbocycles. The van der Waals surface area contributed by atoms with Crippen LogP contribution in [0.3, 0.4) is 0 Å². The maximum atomic E-state index is 5.30. The van der Waals surface area contributed by atoms with Gasteiger partial charge < -0.3 is 10.2 Å². The molecule has 0 saturated carbocycles. The SMILES string of the molecule is C[N+](C)(C)C.C[SiH](C)CCCN. The Labute approximate surface area is 80.0 Å². The summed E-state index contributed by atoms with van der Waals surface area (Å²) in [5.74, 6) is 0. The fourth-order valence-electron chi connectivity index (χ4n) is 0.526. The lowest BCUT2D eigenvalue weighted by Crippen LogP contribution is -2.27. The molecule has 2 nitrogen and oxygen atoms in total. The molecule has 0 heterocycles. The van der Waals surface area contributed by atoms with E-state index in [4.69, 9.17) is 5.73 Å². The molecule has 0 aromatic heterocycles. The largest absolute Gasteiger partial charge is 0.333 e. The fraction of sp³-hybridized carbons (Fsp3) is 1.00. The third kappa shape index (κ3) is 49.4. The van der Waals surface area contributed by atoms with E-state index < -0.39 is 0 Å². The van der Waals surface area contributed by atoms with Crippen LogP contribution >= 0.6 is 0 Å². The summed E-state index contributed by atoms with van der Waals surface area (Å²) >= 11 is 0. The lowest BCUT2D eigenvalue weighted by molar-refractivity contribution is -0.849. The summed E-state index contributed by atoms with van der Waals surface area (Å²) in [7, 11) is 8.23. The van der Waals surface area contributed by atoms with Crippen LogP contribution in [0.2, 0.25) is 19.1 Å². The first-order chi connectivity index (χ1) is 5.27. The van der Waals surface area contributed by atoms with Crippen LogP contribution in [0.5, 0.6) is 0 Å². The summed E-state index contributed by atoms with van der Waals surface area (Å²) in [6, 6.07) is 1.41. The predicted molar refractivity (Wildman–Crippen MR) is 61.3 cm³/mol. The van der Waals surface area contributed by atoms with Gasteiger partial charge in [-0.3, -0.25) is 0 Å². The second-order valence-corrected chi connectivity index (χ2v) is 8.37. The zero-order valence-corrected chi connectivity index (χ0v) is 10.9. The Balaban J connectivity index is 0. The molecule has 0 bridgehead atoms. The highest BCUT2D eigenvalue weighted by Gasteiger charge is 1.91. The van der Waals surface area contributed by atoms with Crippen LogP contribution in [0.25, 0.3) is 0 Å². The van der Waals surface area contributed by atoms with E-state index in [1.54, 1.807) is 0 Å². The van der Waals surface area contributed by atoms with E-state index in [-0.39, 0.29) is 8.80 Å². The lowest BCUT2D eigenvalue weighted by atomic mass is 10.5. The van der Waals surface area contributed by atoms with E-state index in [0.717, 1.165) is 11.0 Å². The molecular formula is C9H27N2Si+. The van der Waals surface area contributed by atoms with Gasteiger partial charge >= 0.3 is 0 Å². The number of hydrogen-bond donors (Lipinski definition) is 1. The highest BCUT2D eigenvalue weighted by Crippen LogP contribution is 1.92. The van der Waals surface area contributed by atoms with Crippen LogP contribution in [-0.2, 0) is 0 Å². The average molecular weight is 191 g/mol. The Kier molecular flexibility index (Phi) is 9.48. The van der Waals surface area contributed by atoms with Crippen LogP contribution < -0.4 is 5.73 Å². The van der Waals surface area contributed by atoms with Crippen molar-refractivity contribution in [3.05, 3.63) is 0 Å². The molecule has 0 unspecified atom stereocenters. The minimum atomic E-state index is -0.268. The molecule has 0 radical (unpaired) electrons. The topological polar surface area (TPSA) is 26.0 Å². The van der Waals surface area contributed by atoms with Crippen LogP contribution in [-0.4, -0.2) is 48.0 Å². The Morgan fingerprint density at radius 3 is 1.50 bits per heavy atom. The van der Waals surface area contributed by atoms with Gasteiger partial charge in [0.2, 0.25) is 0 Å². The van der Waals surface area contributed by atoms with E-state index in [1.165, 1.54) is 12.5 Å². The second kappa shape index (κ2) is 7.77. The molecule has 0 spiro atoms. The average Bonchev–Trinajstić information content (AvgIpc) is 1.79. The zero-order valence-electron chi connectivity index (χ0n) is 9.72. The molecule has 0 atom stereocenters. The van der Waals surface area contributed by atoms with Gasteiger partial charge in [-0.15, -0.1) is 0 Å². The molecule has 0 saturated heterocycles. The molecule has 0 aromatic rings. The Morgan fingerprint density at radius 2 is 1.42 bits per heavy atom. The van der Waals surface area contributed by atoms with E-state index in [9.17, 15) is 0 Å². The molecule has 0 amide bonds. The van der Waals surface area contributed by atoms with Crippen molar-refractivity contribution < 1.29 is 4.48 Å². The summed E-state index contributed by atoms with van der Waals surface area (Å²) in [4.78, 5) is 0. The number of nitrogens with two attached hydrogens (primary N) is 1. The minimum absolute atomic E-state index is 0.268. The normalized spacial score (nSPS) is 11.0. The summed E-state index contributed by atoms with van der Waals surface area (Å²) in [5, 5.41) is 0. The van der Waals surface area contributed by atoms with Crippen molar-refractivity contribution in [1.29, 1.82) is 0 Å². The molecule has 0 aliphatic rings.